The molecule has 18 heavy (non-hydrogen) atoms. The van der Waals surface area contributed by atoms with Gasteiger partial charge in [0, 0.05) is 18.6 Å². The smallest absolute Gasteiger partial charge is 0.332 e. The molecule has 6 nitrogen and oxygen atoms in total. The Morgan fingerprint density at radius 1 is 1.28 bits per heavy atom. The highest BCUT2D eigenvalue weighted by Gasteiger charge is 2.49. The van der Waals surface area contributed by atoms with Crippen LogP contribution in [0.3, 0.4) is 0 Å². The van der Waals surface area contributed by atoms with Crippen LogP contribution >= 0.6 is 0 Å². The molecule has 1 saturated carbocycles. The molecule has 2 N–H and O–H groups in total. The van der Waals surface area contributed by atoms with E-state index in [4.69, 9.17) is 9.47 Å². The van der Waals surface area contributed by atoms with E-state index in [0.717, 1.165) is 12.2 Å². The molecule has 0 spiro atoms. The minimum atomic E-state index is -2.04. The monoisotopic (exact) mass is 256 g/mol. The number of hydrogen-bond donors (Lipinski definition) is 2. The van der Waals surface area contributed by atoms with Gasteiger partial charge >= 0.3 is 11.9 Å². The van der Waals surface area contributed by atoms with E-state index in [1.165, 1.54) is 0 Å². The third-order valence-electron chi connectivity index (χ3n) is 2.68. The van der Waals surface area contributed by atoms with Gasteiger partial charge in [0.2, 0.25) is 0 Å². The van der Waals surface area contributed by atoms with Gasteiger partial charge in [-0.3, -0.25) is 0 Å². The van der Waals surface area contributed by atoms with Gasteiger partial charge in [-0.15, -0.1) is 0 Å². The van der Waals surface area contributed by atoms with Crippen LogP contribution in [0.2, 0.25) is 0 Å². The van der Waals surface area contributed by atoms with E-state index in [1.54, 1.807) is 0 Å². The quantitative estimate of drug-likeness (QED) is 0.419. The summed E-state index contributed by atoms with van der Waals surface area (Å²) in [4.78, 5) is 22.3. The molecule has 1 aliphatic rings. The van der Waals surface area contributed by atoms with Gasteiger partial charge in [0.15, 0.2) is 6.10 Å². The van der Waals surface area contributed by atoms with Crippen LogP contribution in [0.4, 0.5) is 0 Å². The SMILES string of the molecule is C=CC(=O)OC1C(O)CCCC1(O)OC(=O)C=C. The average Bonchev–Trinajstić information content (AvgIpc) is 2.33. The summed E-state index contributed by atoms with van der Waals surface area (Å²) in [5, 5.41) is 19.9. The summed E-state index contributed by atoms with van der Waals surface area (Å²) in [6.07, 6.45) is 0.180. The molecule has 0 aliphatic heterocycles. The van der Waals surface area contributed by atoms with Crippen molar-refractivity contribution in [1.82, 2.24) is 0 Å². The normalized spacial score (nSPS) is 31.2. The average molecular weight is 256 g/mol. The summed E-state index contributed by atoms with van der Waals surface area (Å²) >= 11 is 0. The third kappa shape index (κ3) is 3.18. The molecule has 3 unspecified atom stereocenters. The van der Waals surface area contributed by atoms with Crippen molar-refractivity contribution in [3.63, 3.8) is 0 Å². The van der Waals surface area contributed by atoms with E-state index in [-0.39, 0.29) is 6.42 Å². The van der Waals surface area contributed by atoms with E-state index in [2.05, 4.69) is 13.2 Å². The Morgan fingerprint density at radius 3 is 2.44 bits per heavy atom. The van der Waals surface area contributed by atoms with Crippen molar-refractivity contribution < 1.29 is 29.3 Å². The van der Waals surface area contributed by atoms with Crippen molar-refractivity contribution in [3.05, 3.63) is 25.3 Å². The molecule has 0 amide bonds. The molecule has 1 aliphatic carbocycles. The first-order chi connectivity index (χ1) is 8.42. The lowest BCUT2D eigenvalue weighted by Gasteiger charge is -2.40. The number of aliphatic hydroxyl groups is 2. The minimum Gasteiger partial charge on any atom is -0.449 e. The van der Waals surface area contributed by atoms with Crippen LogP contribution in [0.25, 0.3) is 0 Å². The molecule has 0 aromatic carbocycles. The zero-order valence-electron chi connectivity index (χ0n) is 9.87. The predicted octanol–water partition coefficient (Wildman–Crippen LogP) is 0.0468. The van der Waals surface area contributed by atoms with Crippen LogP contribution in [0, 0.1) is 0 Å². The minimum absolute atomic E-state index is 0.0682. The Morgan fingerprint density at radius 2 is 1.89 bits per heavy atom. The van der Waals surface area contributed by atoms with Crippen molar-refractivity contribution in [2.45, 2.75) is 37.3 Å². The second kappa shape index (κ2) is 5.79. The second-order valence-electron chi connectivity index (χ2n) is 3.99. The maximum atomic E-state index is 11.2. The lowest BCUT2D eigenvalue weighted by Crippen LogP contribution is -2.56. The number of esters is 2. The summed E-state index contributed by atoms with van der Waals surface area (Å²) in [5.41, 5.74) is 0. The van der Waals surface area contributed by atoms with Crippen LogP contribution in [-0.4, -0.2) is 40.1 Å². The molecule has 3 atom stereocenters. The Bertz CT molecular complexity index is 364. The van der Waals surface area contributed by atoms with E-state index in [0.29, 0.717) is 12.8 Å². The van der Waals surface area contributed by atoms with Gasteiger partial charge in [0.25, 0.3) is 5.79 Å². The van der Waals surface area contributed by atoms with Gasteiger partial charge in [-0.25, -0.2) is 9.59 Å². The van der Waals surface area contributed by atoms with Gasteiger partial charge in [0.1, 0.15) is 0 Å². The standard InChI is InChI=1S/C12H16O6/c1-3-9(14)17-11-8(13)6-5-7-12(11,16)18-10(15)4-2/h3-4,8,11,13,16H,1-2,5-7H2. The maximum Gasteiger partial charge on any atom is 0.332 e. The van der Waals surface area contributed by atoms with Crippen LogP contribution in [0.5, 0.6) is 0 Å². The van der Waals surface area contributed by atoms with Crippen LogP contribution in [0.15, 0.2) is 25.3 Å². The summed E-state index contributed by atoms with van der Waals surface area (Å²) in [6.45, 7) is 6.42. The molecule has 0 heterocycles. The number of rotatable bonds is 4. The van der Waals surface area contributed by atoms with Crippen molar-refractivity contribution in [2.24, 2.45) is 0 Å². The first-order valence-electron chi connectivity index (χ1n) is 5.52. The Kier molecular flexibility index (Phi) is 4.63. The lowest BCUT2D eigenvalue weighted by atomic mass is 9.88. The van der Waals surface area contributed by atoms with Gasteiger partial charge in [0.05, 0.1) is 6.10 Å². The molecular formula is C12H16O6. The predicted molar refractivity (Wildman–Crippen MR) is 61.2 cm³/mol. The van der Waals surface area contributed by atoms with Gasteiger partial charge in [-0.05, 0) is 12.8 Å². The first-order valence-corrected chi connectivity index (χ1v) is 5.52. The molecule has 0 radical (unpaired) electrons. The number of ether oxygens (including phenoxy) is 2. The topological polar surface area (TPSA) is 93.1 Å². The molecule has 0 aromatic heterocycles. The van der Waals surface area contributed by atoms with Crippen molar-refractivity contribution in [2.75, 3.05) is 0 Å². The lowest BCUT2D eigenvalue weighted by molar-refractivity contribution is -0.279. The summed E-state index contributed by atoms with van der Waals surface area (Å²) < 4.78 is 9.63. The van der Waals surface area contributed by atoms with Crippen LogP contribution < -0.4 is 0 Å². The summed E-state index contributed by atoms with van der Waals surface area (Å²) in [6, 6.07) is 0. The molecule has 100 valence electrons. The van der Waals surface area contributed by atoms with Crippen molar-refractivity contribution in [1.29, 1.82) is 0 Å². The highest BCUT2D eigenvalue weighted by molar-refractivity contribution is 5.82. The fourth-order valence-corrected chi connectivity index (χ4v) is 1.83. The molecule has 0 bridgehead atoms. The first kappa shape index (κ1) is 14.4. The Balaban J connectivity index is 2.88. The molecular weight excluding hydrogens is 240 g/mol. The summed E-state index contributed by atoms with van der Waals surface area (Å²) in [5.74, 6) is -3.71. The Hall–Kier alpha value is -1.66. The van der Waals surface area contributed by atoms with E-state index < -0.39 is 29.9 Å². The molecule has 1 fully saturated rings. The Labute approximate surface area is 105 Å². The number of aliphatic hydroxyl groups excluding tert-OH is 1. The van der Waals surface area contributed by atoms with Crippen LogP contribution in [0.1, 0.15) is 19.3 Å². The fraction of sp³-hybridized carbons (Fsp3) is 0.500. The van der Waals surface area contributed by atoms with E-state index in [9.17, 15) is 19.8 Å². The van der Waals surface area contributed by atoms with Gasteiger partial charge in [-0.1, -0.05) is 13.2 Å². The third-order valence-corrected chi connectivity index (χ3v) is 2.68. The molecule has 6 heteroatoms. The molecule has 0 saturated heterocycles. The van der Waals surface area contributed by atoms with E-state index >= 15 is 0 Å². The zero-order chi connectivity index (χ0) is 13.8. The largest absolute Gasteiger partial charge is 0.449 e. The summed E-state index contributed by atoms with van der Waals surface area (Å²) in [7, 11) is 0. The van der Waals surface area contributed by atoms with Gasteiger partial charge in [-0.2, -0.15) is 0 Å². The molecule has 1 rings (SSSR count). The highest BCUT2D eigenvalue weighted by Crippen LogP contribution is 2.32. The van der Waals surface area contributed by atoms with E-state index in [1.807, 2.05) is 0 Å². The second-order valence-corrected chi connectivity index (χ2v) is 3.99. The number of carbonyl (C=O) groups excluding carboxylic acids is 2. The fourth-order valence-electron chi connectivity index (χ4n) is 1.83. The number of hydrogen-bond acceptors (Lipinski definition) is 6. The zero-order valence-corrected chi connectivity index (χ0v) is 9.87. The highest BCUT2D eigenvalue weighted by atomic mass is 16.7. The van der Waals surface area contributed by atoms with Crippen LogP contribution in [-0.2, 0) is 19.1 Å². The van der Waals surface area contributed by atoms with Crippen molar-refractivity contribution in [3.8, 4) is 0 Å². The molecule has 0 aromatic rings. The van der Waals surface area contributed by atoms with Gasteiger partial charge < -0.3 is 19.7 Å². The van der Waals surface area contributed by atoms with Crippen molar-refractivity contribution >= 4 is 11.9 Å². The maximum absolute atomic E-state index is 11.2. The number of carbonyl (C=O) groups is 2.